The number of nitrogens with one attached hydrogen (secondary N) is 1. The Balaban J connectivity index is 1.12. The average Bonchev–Trinajstić information content (AvgIpc) is 3.70. The number of carbonyl (C=O) groups is 8. The first kappa shape index (κ1) is 52.0. The van der Waals surface area contributed by atoms with Crippen LogP contribution in [0.5, 0.6) is 0 Å². The van der Waals surface area contributed by atoms with E-state index < -0.39 is 108 Å². The van der Waals surface area contributed by atoms with Crippen molar-refractivity contribution in [2.45, 2.75) is 148 Å². The van der Waals surface area contributed by atoms with Crippen LogP contribution in [0.4, 0.5) is 4.79 Å². The van der Waals surface area contributed by atoms with Crippen LogP contribution in [-0.2, 0) is 52.5 Å². The number of Topliss-reactive ketones (excluding diaryl/α,β-unsaturated/α-hetero) is 1. The Hall–Kier alpha value is -4.94. The number of hydrogen-bond acceptors (Lipinski definition) is 15. The van der Waals surface area contributed by atoms with E-state index in [9.17, 15) is 48.6 Å². The molecule has 366 valence electrons. The molecule has 3 unspecified atom stereocenters. The number of esters is 2. The van der Waals surface area contributed by atoms with Gasteiger partial charge in [-0.2, -0.15) is 0 Å². The number of allylic oxidation sites excluding steroid dienone is 5. The minimum atomic E-state index is -1.90. The van der Waals surface area contributed by atoms with Crippen molar-refractivity contribution in [1.82, 2.24) is 15.1 Å². The van der Waals surface area contributed by atoms with Gasteiger partial charge in [0.05, 0.1) is 18.6 Å². The second kappa shape index (κ2) is 20.9. The van der Waals surface area contributed by atoms with Crippen LogP contribution >= 0.6 is 0 Å². The van der Waals surface area contributed by atoms with E-state index in [0.717, 1.165) is 10.5 Å². The maximum absolute atomic E-state index is 14.0. The fourth-order valence-electron chi connectivity index (χ4n) is 11.5. The van der Waals surface area contributed by atoms with Gasteiger partial charge < -0.3 is 50.0 Å². The summed E-state index contributed by atoms with van der Waals surface area (Å²) in [4.78, 5) is 107. The van der Waals surface area contributed by atoms with Crippen LogP contribution in [-0.4, -0.2) is 137 Å². The fourth-order valence-corrected chi connectivity index (χ4v) is 11.5. The molecular weight excluding hydrogens is 857 g/mol. The van der Waals surface area contributed by atoms with Crippen molar-refractivity contribution in [1.29, 1.82) is 0 Å². The lowest BCUT2D eigenvalue weighted by atomic mass is 9.46. The maximum atomic E-state index is 14.0. The van der Waals surface area contributed by atoms with Gasteiger partial charge in [-0.05, 0) is 87.7 Å². The number of likely N-dealkylation sites (N-methyl/N-ethyl adjacent to an activating group) is 2. The van der Waals surface area contributed by atoms with Crippen molar-refractivity contribution < 1.29 is 67.5 Å². The molecule has 4 aliphatic carbocycles. The van der Waals surface area contributed by atoms with Crippen molar-refractivity contribution in [2.24, 2.45) is 46.2 Å². The minimum Gasteiger partial charge on any atom is -0.457 e. The van der Waals surface area contributed by atoms with E-state index in [1.54, 1.807) is 53.0 Å². The number of aliphatic hydroxyl groups excluding tert-OH is 1. The van der Waals surface area contributed by atoms with Crippen LogP contribution < -0.4 is 11.1 Å². The average molecular weight is 927 g/mol. The Morgan fingerprint density at radius 3 is 2.38 bits per heavy atom. The third kappa shape index (κ3) is 10.4. The molecule has 5 N–H and O–H groups in total. The number of hydrogen-bond donors (Lipinski definition) is 4. The molecule has 5 aliphatic rings. The minimum absolute atomic E-state index is 0.0236. The Bertz CT molecular complexity index is 2000. The second-order valence-electron chi connectivity index (χ2n) is 20.0. The van der Waals surface area contributed by atoms with Gasteiger partial charge in [0.25, 0.3) is 0 Å². The van der Waals surface area contributed by atoms with Crippen LogP contribution in [0.3, 0.4) is 0 Å². The molecule has 1 aliphatic heterocycles. The van der Waals surface area contributed by atoms with E-state index in [2.05, 4.69) is 5.32 Å². The van der Waals surface area contributed by atoms with Gasteiger partial charge in [0, 0.05) is 37.3 Å². The van der Waals surface area contributed by atoms with Crippen molar-refractivity contribution in [3.05, 3.63) is 36.0 Å². The van der Waals surface area contributed by atoms with Crippen molar-refractivity contribution >= 4 is 47.4 Å². The summed E-state index contributed by atoms with van der Waals surface area (Å²) < 4.78 is 20.7. The molecule has 0 aromatic carbocycles. The van der Waals surface area contributed by atoms with Crippen LogP contribution in [0.2, 0.25) is 0 Å². The lowest BCUT2D eigenvalue weighted by molar-refractivity contribution is -0.181. The first-order valence-corrected chi connectivity index (χ1v) is 23.1. The first-order chi connectivity index (χ1) is 30.9. The van der Waals surface area contributed by atoms with Gasteiger partial charge in [0.15, 0.2) is 18.5 Å². The standard InChI is InChI=1S/C48H70N4O14/c1-10-11-12-33-41(40(42(58)50-33)52(9)43(59)39(27(4)5)51(8)36(56)16-13-26(2)3)66-45(61)65-25-64-44(60)32(49)22-37(57)63-24-35(55)48(62)20-18-31-30-15-14-28-21-29(53)17-19-46(28,6)38(30)34(54)23-47(31,48)7/h10-11,17,19,21,26-27,30-34,38-41,54,62H,12-16,18,20,22-25,49H2,1-9H3,(H,50,58)/b11-10+/t30?,31?,32-,33+,34-,38?,39-,40-,41+,46-,47-,48-/m0/s1. The van der Waals surface area contributed by atoms with Crippen LogP contribution in [0.25, 0.3) is 0 Å². The molecular formula is C48H70N4O14. The molecule has 18 nitrogen and oxygen atoms in total. The predicted octanol–water partition coefficient (Wildman–Crippen LogP) is 3.06. The summed E-state index contributed by atoms with van der Waals surface area (Å²) >= 11 is 0. The third-order valence-corrected chi connectivity index (χ3v) is 15.1. The number of rotatable bonds is 18. The summed E-state index contributed by atoms with van der Waals surface area (Å²) in [6, 6.07) is -4.59. The van der Waals surface area contributed by atoms with E-state index in [1.165, 1.54) is 18.0 Å². The summed E-state index contributed by atoms with van der Waals surface area (Å²) in [6.45, 7) is 11.4. The molecule has 1 heterocycles. The number of amides is 3. The van der Waals surface area contributed by atoms with Gasteiger partial charge in [-0.1, -0.05) is 65.3 Å². The Labute approximate surface area is 387 Å². The fraction of sp³-hybridized carbons (Fsp3) is 0.708. The van der Waals surface area contributed by atoms with Crippen molar-refractivity contribution in [3.8, 4) is 0 Å². The van der Waals surface area contributed by atoms with Gasteiger partial charge >= 0.3 is 18.1 Å². The molecule has 0 spiro atoms. The van der Waals surface area contributed by atoms with Crippen LogP contribution in [0.15, 0.2) is 36.0 Å². The summed E-state index contributed by atoms with van der Waals surface area (Å²) in [5.41, 5.74) is 3.45. The molecule has 66 heavy (non-hydrogen) atoms. The highest BCUT2D eigenvalue weighted by atomic mass is 16.8. The number of nitrogens with two attached hydrogens (primary N) is 1. The van der Waals surface area contributed by atoms with Gasteiger partial charge in [-0.15, -0.1) is 0 Å². The number of fused-ring (bicyclic) bond motifs is 5. The zero-order valence-electron chi connectivity index (χ0n) is 39.8. The molecule has 4 fully saturated rings. The van der Waals surface area contributed by atoms with E-state index in [1.807, 2.05) is 26.8 Å². The zero-order valence-corrected chi connectivity index (χ0v) is 39.8. The molecule has 5 rings (SSSR count). The zero-order chi connectivity index (χ0) is 49.1. The smallest absolute Gasteiger partial charge is 0.457 e. The highest BCUT2D eigenvalue weighted by molar-refractivity contribution is 6.01. The number of nitrogens with zero attached hydrogens (tertiary/aromatic N) is 2. The van der Waals surface area contributed by atoms with E-state index in [-0.39, 0.29) is 67.0 Å². The summed E-state index contributed by atoms with van der Waals surface area (Å²) in [5.74, 6) is -4.73. The lowest BCUT2D eigenvalue weighted by Crippen LogP contribution is -2.61. The second-order valence-corrected chi connectivity index (χ2v) is 20.0. The van der Waals surface area contributed by atoms with Crippen molar-refractivity contribution in [3.63, 3.8) is 0 Å². The van der Waals surface area contributed by atoms with Crippen molar-refractivity contribution in [2.75, 3.05) is 27.5 Å². The summed E-state index contributed by atoms with van der Waals surface area (Å²) in [7, 11) is 2.94. The SMILES string of the molecule is C/C=C/C[C@H]1NC(=O)[C@@H](N(C)C(=O)[C@H](C(C)C)N(C)C(=O)CCC(C)C)[C@@H]1OC(=O)OCOC(=O)[C@@H](N)CC(=O)OCC(=O)[C@@]1(O)CCC2C3CCC4=CC(=O)C=C[C@]4(C)C3[C@@H](O)C[C@@]21C. The van der Waals surface area contributed by atoms with Gasteiger partial charge in [-0.25, -0.2) is 4.79 Å². The largest absolute Gasteiger partial charge is 0.511 e. The van der Waals surface area contributed by atoms with E-state index in [0.29, 0.717) is 25.7 Å². The van der Waals surface area contributed by atoms with Crippen LogP contribution in [0, 0.1) is 40.4 Å². The highest BCUT2D eigenvalue weighted by Gasteiger charge is 2.68. The number of aliphatic hydroxyl groups is 2. The predicted molar refractivity (Wildman–Crippen MR) is 237 cm³/mol. The molecule has 12 atom stereocenters. The Morgan fingerprint density at radius 2 is 1.73 bits per heavy atom. The molecule has 3 amide bonds. The number of ether oxygens (including phenoxy) is 4. The van der Waals surface area contributed by atoms with Crippen LogP contribution in [0.1, 0.15) is 106 Å². The highest BCUT2D eigenvalue weighted by Crippen LogP contribution is 2.67. The van der Waals surface area contributed by atoms with E-state index in [4.69, 9.17) is 24.7 Å². The monoisotopic (exact) mass is 926 g/mol. The Kier molecular flexibility index (Phi) is 16.5. The summed E-state index contributed by atoms with van der Waals surface area (Å²) in [6.07, 6.45) is 7.61. The normalized spacial score (nSPS) is 32.1. The molecule has 0 bridgehead atoms. The molecule has 1 saturated heterocycles. The summed E-state index contributed by atoms with van der Waals surface area (Å²) in [5, 5.41) is 26.4. The molecule has 0 radical (unpaired) electrons. The van der Waals surface area contributed by atoms with Gasteiger partial charge in [0.2, 0.25) is 30.3 Å². The molecule has 0 aromatic rings. The topological polar surface area (TPSA) is 258 Å². The van der Waals surface area contributed by atoms with Gasteiger partial charge in [0.1, 0.15) is 23.7 Å². The molecule has 0 aromatic heterocycles. The number of carbonyl (C=O) groups excluding carboxylic acids is 8. The van der Waals surface area contributed by atoms with Gasteiger partial charge in [-0.3, -0.25) is 33.6 Å². The maximum Gasteiger partial charge on any atom is 0.511 e. The first-order valence-electron chi connectivity index (χ1n) is 23.1. The Morgan fingerprint density at radius 1 is 1.03 bits per heavy atom. The van der Waals surface area contributed by atoms with E-state index >= 15 is 0 Å². The number of ketones is 2. The lowest BCUT2D eigenvalue weighted by Gasteiger charge is -2.59. The quantitative estimate of drug-likeness (QED) is 0.0667. The molecule has 3 saturated carbocycles. The molecule has 18 heteroatoms. The third-order valence-electron chi connectivity index (χ3n) is 15.1.